The van der Waals surface area contributed by atoms with Crippen LogP contribution in [0, 0.1) is 6.92 Å². The van der Waals surface area contributed by atoms with Crippen LogP contribution >= 0.6 is 0 Å². The molecule has 28 heavy (non-hydrogen) atoms. The Morgan fingerprint density at radius 2 is 1.89 bits per heavy atom. The Morgan fingerprint density at radius 3 is 2.68 bits per heavy atom. The first-order valence-electron chi connectivity index (χ1n) is 9.41. The molecule has 1 atom stereocenters. The highest BCUT2D eigenvalue weighted by atomic mass is 16.2. The van der Waals surface area contributed by atoms with Crippen molar-refractivity contribution in [3.63, 3.8) is 0 Å². The summed E-state index contributed by atoms with van der Waals surface area (Å²) in [5, 5.41) is 7.63. The smallest absolute Gasteiger partial charge is 0.254 e. The first-order valence-corrected chi connectivity index (χ1v) is 9.41. The normalized spacial score (nSPS) is 16.8. The van der Waals surface area contributed by atoms with Gasteiger partial charge in [-0.05, 0) is 61.7 Å². The van der Waals surface area contributed by atoms with Gasteiger partial charge >= 0.3 is 0 Å². The number of carbonyl (C=O) groups is 1. The number of aryl methyl sites for hydroxylation is 1. The van der Waals surface area contributed by atoms with E-state index in [2.05, 4.69) is 34.2 Å². The molecule has 5 rings (SSSR count). The van der Waals surface area contributed by atoms with E-state index in [1.54, 1.807) is 12.7 Å². The lowest BCUT2D eigenvalue weighted by atomic mass is 10.1. The van der Waals surface area contributed by atoms with Gasteiger partial charge in [-0.3, -0.25) is 9.36 Å². The number of aromatic nitrogens is 5. The third-order valence-electron chi connectivity index (χ3n) is 5.32. The Balaban J connectivity index is 1.41. The fourth-order valence-corrected chi connectivity index (χ4v) is 3.87. The van der Waals surface area contributed by atoms with E-state index in [9.17, 15) is 4.79 Å². The SMILES string of the molecule is Cc1ccc2nc(C3CCCN3C(=O)c3ccc(-n4cnnc4)cc3)[nH]c2c1. The van der Waals surface area contributed by atoms with Gasteiger partial charge in [0.05, 0.1) is 17.1 Å². The third-order valence-corrected chi connectivity index (χ3v) is 5.32. The zero-order chi connectivity index (χ0) is 19.1. The standard InChI is InChI=1S/C21H20N6O/c1-14-4-9-17-18(11-14)25-20(24-17)19-3-2-10-27(19)21(28)15-5-7-16(8-6-15)26-12-22-23-13-26/h4-9,11-13,19H,2-3,10H2,1H3,(H,24,25). The highest BCUT2D eigenvalue weighted by molar-refractivity contribution is 5.95. The number of fused-ring (bicyclic) bond motifs is 1. The number of nitrogens with one attached hydrogen (secondary N) is 1. The van der Waals surface area contributed by atoms with E-state index in [0.29, 0.717) is 5.56 Å². The third kappa shape index (κ3) is 2.85. The van der Waals surface area contributed by atoms with Crippen LogP contribution in [0.2, 0.25) is 0 Å². The maximum Gasteiger partial charge on any atom is 0.254 e. The van der Waals surface area contributed by atoms with E-state index in [0.717, 1.165) is 41.9 Å². The first kappa shape index (κ1) is 16.7. The average Bonchev–Trinajstić information content (AvgIpc) is 3.46. The van der Waals surface area contributed by atoms with Gasteiger partial charge in [0, 0.05) is 17.8 Å². The number of rotatable bonds is 3. The lowest BCUT2D eigenvalue weighted by molar-refractivity contribution is 0.0730. The van der Waals surface area contributed by atoms with Crippen LogP contribution in [0.25, 0.3) is 16.7 Å². The molecule has 1 unspecified atom stereocenters. The molecule has 0 spiro atoms. The van der Waals surface area contributed by atoms with Crippen LogP contribution in [-0.4, -0.2) is 42.1 Å². The summed E-state index contributed by atoms with van der Waals surface area (Å²) in [4.78, 5) is 23.2. The number of hydrogen-bond donors (Lipinski definition) is 1. The van der Waals surface area contributed by atoms with Crippen LogP contribution in [-0.2, 0) is 0 Å². The highest BCUT2D eigenvalue weighted by Gasteiger charge is 2.32. The summed E-state index contributed by atoms with van der Waals surface area (Å²) < 4.78 is 1.81. The Hall–Kier alpha value is -3.48. The summed E-state index contributed by atoms with van der Waals surface area (Å²) in [5.41, 5.74) is 4.75. The van der Waals surface area contributed by atoms with Gasteiger partial charge in [0.15, 0.2) is 0 Å². The number of likely N-dealkylation sites (tertiary alicyclic amines) is 1. The van der Waals surface area contributed by atoms with Gasteiger partial charge in [-0.1, -0.05) is 6.07 Å². The van der Waals surface area contributed by atoms with E-state index in [-0.39, 0.29) is 11.9 Å². The summed E-state index contributed by atoms with van der Waals surface area (Å²) in [6, 6.07) is 13.7. The second kappa shape index (κ2) is 6.60. The molecular weight excluding hydrogens is 352 g/mol. The van der Waals surface area contributed by atoms with Crippen molar-refractivity contribution in [2.75, 3.05) is 6.54 Å². The number of carbonyl (C=O) groups excluding carboxylic acids is 1. The van der Waals surface area contributed by atoms with Crippen LogP contribution in [0.1, 0.15) is 40.6 Å². The van der Waals surface area contributed by atoms with Gasteiger partial charge < -0.3 is 9.88 Å². The van der Waals surface area contributed by atoms with Crippen LogP contribution in [0.3, 0.4) is 0 Å². The molecule has 1 fully saturated rings. The minimum Gasteiger partial charge on any atom is -0.340 e. The van der Waals surface area contributed by atoms with Gasteiger partial charge in [0.2, 0.25) is 0 Å². The molecule has 2 aromatic heterocycles. The number of hydrogen-bond acceptors (Lipinski definition) is 4. The Labute approximate surface area is 162 Å². The van der Waals surface area contributed by atoms with Gasteiger partial charge in [-0.2, -0.15) is 0 Å². The Kier molecular flexibility index (Phi) is 3.93. The molecule has 2 aromatic carbocycles. The maximum atomic E-state index is 13.2. The summed E-state index contributed by atoms with van der Waals surface area (Å²) in [7, 11) is 0. The monoisotopic (exact) mass is 372 g/mol. The molecule has 0 radical (unpaired) electrons. The second-order valence-electron chi connectivity index (χ2n) is 7.22. The van der Waals surface area contributed by atoms with Crippen LogP contribution in [0.15, 0.2) is 55.1 Å². The molecular formula is C21H20N6O. The van der Waals surface area contributed by atoms with Crippen molar-refractivity contribution in [3.8, 4) is 5.69 Å². The molecule has 140 valence electrons. The average molecular weight is 372 g/mol. The molecule has 0 saturated carbocycles. The summed E-state index contributed by atoms with van der Waals surface area (Å²) in [5.74, 6) is 0.905. The Bertz CT molecular complexity index is 1130. The van der Waals surface area contributed by atoms with E-state index in [4.69, 9.17) is 4.98 Å². The second-order valence-corrected chi connectivity index (χ2v) is 7.22. The lowest BCUT2D eigenvalue weighted by Crippen LogP contribution is -2.31. The van der Waals surface area contributed by atoms with Crippen molar-refractivity contribution >= 4 is 16.9 Å². The predicted molar refractivity (Wildman–Crippen MR) is 105 cm³/mol. The number of aromatic amines is 1. The summed E-state index contributed by atoms with van der Waals surface area (Å²) in [6.07, 6.45) is 5.17. The van der Waals surface area contributed by atoms with Gasteiger partial charge in [-0.15, -0.1) is 10.2 Å². The van der Waals surface area contributed by atoms with Crippen molar-refractivity contribution in [2.24, 2.45) is 0 Å². The van der Waals surface area contributed by atoms with Gasteiger partial charge in [0.1, 0.15) is 18.5 Å². The molecule has 1 aliphatic rings. The van der Waals surface area contributed by atoms with Gasteiger partial charge in [0.25, 0.3) is 5.91 Å². The van der Waals surface area contributed by atoms with Gasteiger partial charge in [-0.25, -0.2) is 4.98 Å². The van der Waals surface area contributed by atoms with E-state index < -0.39 is 0 Å². The molecule has 0 aliphatic carbocycles. The number of amides is 1. The Morgan fingerprint density at radius 1 is 1.11 bits per heavy atom. The van der Waals surface area contributed by atoms with E-state index in [1.165, 1.54) is 5.56 Å². The van der Waals surface area contributed by atoms with Crippen molar-refractivity contribution < 1.29 is 4.79 Å². The molecule has 4 aromatic rings. The minimum atomic E-state index is -0.0160. The van der Waals surface area contributed by atoms with E-state index >= 15 is 0 Å². The quantitative estimate of drug-likeness (QED) is 0.597. The van der Waals surface area contributed by atoms with E-state index in [1.807, 2.05) is 39.8 Å². The van der Waals surface area contributed by atoms with Crippen LogP contribution in [0.4, 0.5) is 0 Å². The fourth-order valence-electron chi connectivity index (χ4n) is 3.87. The molecule has 1 amide bonds. The highest BCUT2D eigenvalue weighted by Crippen LogP contribution is 2.33. The molecule has 0 bridgehead atoms. The fraction of sp³-hybridized carbons (Fsp3) is 0.238. The number of imidazole rings is 1. The lowest BCUT2D eigenvalue weighted by Gasteiger charge is -2.23. The number of nitrogens with zero attached hydrogens (tertiary/aromatic N) is 5. The van der Waals surface area contributed by atoms with Crippen molar-refractivity contribution in [2.45, 2.75) is 25.8 Å². The molecule has 1 saturated heterocycles. The zero-order valence-electron chi connectivity index (χ0n) is 15.5. The van der Waals surface area contributed by atoms with Crippen molar-refractivity contribution in [1.29, 1.82) is 0 Å². The summed E-state index contributed by atoms with van der Waals surface area (Å²) in [6.45, 7) is 2.81. The molecule has 3 heterocycles. The number of H-pyrrole nitrogens is 1. The zero-order valence-corrected chi connectivity index (χ0v) is 15.5. The minimum absolute atomic E-state index is 0.0160. The van der Waals surface area contributed by atoms with Crippen LogP contribution in [0.5, 0.6) is 0 Å². The largest absolute Gasteiger partial charge is 0.340 e. The summed E-state index contributed by atoms with van der Waals surface area (Å²) >= 11 is 0. The van der Waals surface area contributed by atoms with Crippen molar-refractivity contribution in [1.82, 2.24) is 29.6 Å². The number of benzene rings is 2. The maximum absolute atomic E-state index is 13.2. The van der Waals surface area contributed by atoms with Crippen molar-refractivity contribution in [3.05, 3.63) is 72.1 Å². The molecule has 1 aliphatic heterocycles. The molecule has 1 N–H and O–H groups in total. The topological polar surface area (TPSA) is 79.7 Å². The first-order chi connectivity index (χ1) is 13.7. The van der Waals surface area contributed by atoms with Crippen LogP contribution < -0.4 is 0 Å². The molecule has 7 nitrogen and oxygen atoms in total. The predicted octanol–water partition coefficient (Wildman–Crippen LogP) is 3.43. The molecule has 7 heteroatoms.